The van der Waals surface area contributed by atoms with Crippen LogP contribution >= 0.6 is 23.2 Å². The number of alkyl halides is 1. The summed E-state index contributed by atoms with van der Waals surface area (Å²) in [5, 5.41) is 0.686. The summed E-state index contributed by atoms with van der Waals surface area (Å²) in [5.74, 6) is 1.49. The fraction of sp³-hybridized carbons (Fsp3) is 0.333. The minimum Gasteiger partial charge on any atom is -0.493 e. The molecule has 20 heavy (non-hydrogen) atoms. The molecule has 0 saturated heterocycles. The van der Waals surface area contributed by atoms with Crippen molar-refractivity contribution >= 4 is 28.9 Å². The Hall–Kier alpha value is -1.16. The number of ether oxygens (including phenoxy) is 2. The second-order valence-corrected chi connectivity index (χ2v) is 5.81. The van der Waals surface area contributed by atoms with Gasteiger partial charge in [0.2, 0.25) is 0 Å². The average molecular weight is 313 g/mol. The molecule has 2 aliphatic heterocycles. The van der Waals surface area contributed by atoms with Gasteiger partial charge in [-0.2, -0.15) is 0 Å². The van der Waals surface area contributed by atoms with Gasteiger partial charge in [-0.3, -0.25) is 4.90 Å². The topological polar surface area (TPSA) is 22.9 Å². The van der Waals surface area contributed by atoms with Crippen LogP contribution in [0.3, 0.4) is 0 Å². The minimum absolute atomic E-state index is 0.122. The molecule has 1 aromatic carbocycles. The fourth-order valence-corrected chi connectivity index (χ4v) is 3.50. The van der Waals surface area contributed by atoms with Crippen LogP contribution in [0.4, 0.5) is 0 Å². The van der Waals surface area contributed by atoms with Gasteiger partial charge in [-0.25, -0.2) is 0 Å². The Morgan fingerprint density at radius 3 is 2.60 bits per heavy atom. The van der Waals surface area contributed by atoms with Crippen LogP contribution < -0.4 is 14.4 Å². The summed E-state index contributed by atoms with van der Waals surface area (Å²) in [5.41, 5.74) is 3.39. The number of nitrogens with one attached hydrogen (secondary N) is 1. The van der Waals surface area contributed by atoms with Crippen molar-refractivity contribution in [2.24, 2.45) is 0 Å². The zero-order valence-corrected chi connectivity index (χ0v) is 12.9. The molecule has 5 heteroatoms. The average Bonchev–Trinajstić information content (AvgIpc) is 2.45. The van der Waals surface area contributed by atoms with E-state index in [0.717, 1.165) is 35.7 Å². The van der Waals surface area contributed by atoms with E-state index in [9.17, 15) is 0 Å². The van der Waals surface area contributed by atoms with Gasteiger partial charge >= 0.3 is 0 Å². The SMILES string of the molecule is COc1cc2c(cc1OC)C1=CC(Cl)=CC(Cl)[NH+]1CC2. The van der Waals surface area contributed by atoms with Crippen molar-refractivity contribution in [3.8, 4) is 11.5 Å². The molecule has 2 atom stereocenters. The Bertz CT molecular complexity index is 610. The predicted molar refractivity (Wildman–Crippen MR) is 80.6 cm³/mol. The van der Waals surface area contributed by atoms with Crippen LogP contribution in [0.1, 0.15) is 11.1 Å². The van der Waals surface area contributed by atoms with Gasteiger partial charge in [0.05, 0.1) is 20.8 Å². The maximum Gasteiger partial charge on any atom is 0.188 e. The number of hydrogen-bond donors (Lipinski definition) is 1. The zero-order chi connectivity index (χ0) is 14.3. The monoisotopic (exact) mass is 312 g/mol. The van der Waals surface area contributed by atoms with Crippen molar-refractivity contribution in [2.75, 3.05) is 20.8 Å². The number of fused-ring (bicyclic) bond motifs is 3. The third-order valence-corrected chi connectivity index (χ3v) is 4.45. The Kier molecular flexibility index (Phi) is 3.67. The number of rotatable bonds is 2. The van der Waals surface area contributed by atoms with Crippen molar-refractivity contribution in [3.05, 3.63) is 40.4 Å². The molecule has 0 radical (unpaired) electrons. The Labute approximate surface area is 128 Å². The Morgan fingerprint density at radius 1 is 1.20 bits per heavy atom. The van der Waals surface area contributed by atoms with Gasteiger partial charge in [0.25, 0.3) is 0 Å². The molecular formula is C15H16Cl2NO2+. The van der Waals surface area contributed by atoms with Crippen molar-refractivity contribution < 1.29 is 14.4 Å². The van der Waals surface area contributed by atoms with Gasteiger partial charge in [0.1, 0.15) is 5.70 Å². The van der Waals surface area contributed by atoms with Crippen molar-refractivity contribution in [2.45, 2.75) is 11.9 Å². The van der Waals surface area contributed by atoms with E-state index in [1.807, 2.05) is 24.3 Å². The van der Waals surface area contributed by atoms with Crippen molar-refractivity contribution in [1.82, 2.24) is 0 Å². The van der Waals surface area contributed by atoms with Gasteiger partial charge in [0.15, 0.2) is 17.0 Å². The van der Waals surface area contributed by atoms with E-state index in [1.165, 1.54) is 10.5 Å². The number of halogens is 2. The predicted octanol–water partition coefficient (Wildman–Crippen LogP) is 2.19. The minimum atomic E-state index is -0.122. The van der Waals surface area contributed by atoms with Crippen LogP contribution in [0.5, 0.6) is 11.5 Å². The number of methoxy groups -OCH3 is 2. The lowest BCUT2D eigenvalue weighted by atomic mass is 9.94. The van der Waals surface area contributed by atoms with Crippen LogP contribution in [0.25, 0.3) is 5.70 Å². The molecule has 1 N–H and O–H groups in total. The van der Waals surface area contributed by atoms with Crippen LogP contribution in [0.2, 0.25) is 0 Å². The highest BCUT2D eigenvalue weighted by atomic mass is 35.5. The molecule has 0 fully saturated rings. The number of benzene rings is 1. The molecule has 106 valence electrons. The molecule has 3 nitrogen and oxygen atoms in total. The van der Waals surface area contributed by atoms with Crippen molar-refractivity contribution in [1.29, 1.82) is 0 Å². The van der Waals surface area contributed by atoms with E-state index in [2.05, 4.69) is 0 Å². The van der Waals surface area contributed by atoms with E-state index in [-0.39, 0.29) is 5.50 Å². The number of allylic oxidation sites excluding steroid dienone is 2. The first-order valence-corrected chi connectivity index (χ1v) is 7.30. The van der Waals surface area contributed by atoms with E-state index >= 15 is 0 Å². The van der Waals surface area contributed by atoms with E-state index in [0.29, 0.717) is 5.03 Å². The first kappa shape index (κ1) is 13.8. The molecule has 0 amide bonds. The molecule has 2 unspecified atom stereocenters. The molecular weight excluding hydrogens is 297 g/mol. The first-order valence-electron chi connectivity index (χ1n) is 6.48. The summed E-state index contributed by atoms with van der Waals surface area (Å²) >= 11 is 12.6. The summed E-state index contributed by atoms with van der Waals surface area (Å²) < 4.78 is 10.8. The maximum atomic E-state index is 6.39. The largest absolute Gasteiger partial charge is 0.493 e. The molecule has 3 rings (SSSR count). The molecule has 0 spiro atoms. The van der Waals surface area contributed by atoms with Crippen LogP contribution in [-0.4, -0.2) is 26.3 Å². The molecule has 2 heterocycles. The van der Waals surface area contributed by atoms with Gasteiger partial charge in [-0.1, -0.05) is 23.2 Å². The van der Waals surface area contributed by atoms with Gasteiger partial charge in [-0.15, -0.1) is 0 Å². The molecule has 0 aromatic heterocycles. The highest BCUT2D eigenvalue weighted by Crippen LogP contribution is 2.35. The lowest BCUT2D eigenvalue weighted by Gasteiger charge is -2.32. The Balaban J connectivity index is 2.14. The number of quaternary nitrogens is 1. The molecule has 0 aliphatic carbocycles. The van der Waals surface area contributed by atoms with Crippen LogP contribution in [0.15, 0.2) is 29.3 Å². The zero-order valence-electron chi connectivity index (χ0n) is 11.4. The van der Waals surface area contributed by atoms with Gasteiger partial charge in [0, 0.05) is 29.2 Å². The highest BCUT2D eigenvalue weighted by molar-refractivity contribution is 6.32. The summed E-state index contributed by atoms with van der Waals surface area (Å²) in [7, 11) is 3.29. The third kappa shape index (κ3) is 2.20. The summed E-state index contributed by atoms with van der Waals surface area (Å²) in [6.07, 6.45) is 4.82. The third-order valence-electron chi connectivity index (χ3n) is 3.83. The standard InChI is InChI=1S/C15H15Cl2NO2/c1-19-13-5-9-3-4-18-12(6-10(16)7-15(18)17)11(9)8-14(13)20-2/h5-8,15H,3-4H2,1-2H3/p+1. The summed E-state index contributed by atoms with van der Waals surface area (Å²) in [6, 6.07) is 4.06. The smallest absolute Gasteiger partial charge is 0.188 e. The highest BCUT2D eigenvalue weighted by Gasteiger charge is 2.34. The summed E-state index contributed by atoms with van der Waals surface area (Å²) in [6.45, 7) is 0.948. The fourth-order valence-electron chi connectivity index (χ4n) is 2.84. The second kappa shape index (κ2) is 5.32. The van der Waals surface area contributed by atoms with Crippen molar-refractivity contribution in [3.63, 3.8) is 0 Å². The van der Waals surface area contributed by atoms with Gasteiger partial charge in [-0.05, 0) is 17.7 Å². The lowest BCUT2D eigenvalue weighted by molar-refractivity contribution is -0.833. The molecule has 0 bridgehead atoms. The summed E-state index contributed by atoms with van der Waals surface area (Å²) in [4.78, 5) is 1.23. The maximum absolute atomic E-state index is 6.39. The number of hydrogen-bond acceptors (Lipinski definition) is 2. The first-order chi connectivity index (χ1) is 9.63. The van der Waals surface area contributed by atoms with E-state index < -0.39 is 0 Å². The Morgan fingerprint density at radius 2 is 1.90 bits per heavy atom. The normalized spacial score (nSPS) is 24.2. The van der Waals surface area contributed by atoms with Crippen LogP contribution in [-0.2, 0) is 6.42 Å². The van der Waals surface area contributed by atoms with Crippen LogP contribution in [0, 0.1) is 0 Å². The molecule has 0 saturated carbocycles. The second-order valence-electron chi connectivity index (χ2n) is 4.90. The molecule has 2 aliphatic rings. The van der Waals surface area contributed by atoms with E-state index in [4.69, 9.17) is 32.7 Å². The lowest BCUT2D eigenvalue weighted by Crippen LogP contribution is -3.13. The molecule has 1 aromatic rings. The quantitative estimate of drug-likeness (QED) is 0.668. The van der Waals surface area contributed by atoms with E-state index in [1.54, 1.807) is 14.2 Å². The van der Waals surface area contributed by atoms with Gasteiger partial charge < -0.3 is 9.47 Å².